The fourth-order valence-electron chi connectivity index (χ4n) is 1.61. The van der Waals surface area contributed by atoms with E-state index in [1.165, 1.54) is 30.5 Å². The van der Waals surface area contributed by atoms with Crippen LogP contribution in [-0.2, 0) is 0 Å². The highest BCUT2D eigenvalue weighted by Gasteiger charge is 2.09. The topological polar surface area (TPSA) is 65.1 Å². The molecule has 0 saturated carbocycles. The second-order valence-corrected chi connectivity index (χ2v) is 4.59. The van der Waals surface area contributed by atoms with Crippen molar-refractivity contribution in [2.45, 2.75) is 6.42 Å². The van der Waals surface area contributed by atoms with Crippen LogP contribution in [0.3, 0.4) is 0 Å². The first-order valence-electron chi connectivity index (χ1n) is 6.14. The Morgan fingerprint density at radius 1 is 1.43 bits per heavy atom. The van der Waals surface area contributed by atoms with Gasteiger partial charge in [0.15, 0.2) is 0 Å². The lowest BCUT2D eigenvalue weighted by atomic mass is 10.2. The van der Waals surface area contributed by atoms with E-state index in [4.69, 9.17) is 16.7 Å². The van der Waals surface area contributed by atoms with E-state index in [9.17, 15) is 9.18 Å². The summed E-state index contributed by atoms with van der Waals surface area (Å²) < 4.78 is 13.6. The second-order valence-electron chi connectivity index (χ2n) is 4.16. The summed E-state index contributed by atoms with van der Waals surface area (Å²) in [6.45, 7) is -0.0847. The highest BCUT2D eigenvalue weighted by atomic mass is 35.5. The number of amides is 1. The van der Waals surface area contributed by atoms with Crippen LogP contribution in [0.1, 0.15) is 22.5 Å². The molecule has 0 aliphatic carbocycles. The van der Waals surface area contributed by atoms with Crippen LogP contribution in [-0.4, -0.2) is 22.6 Å². The van der Waals surface area contributed by atoms with Gasteiger partial charge in [0.2, 0.25) is 0 Å². The number of aromatic nitrogens is 1. The maximum Gasteiger partial charge on any atom is 0.272 e. The van der Waals surface area contributed by atoms with Crippen molar-refractivity contribution >= 4 is 23.2 Å². The Labute approximate surface area is 125 Å². The van der Waals surface area contributed by atoms with Gasteiger partial charge in [-0.2, -0.15) is 0 Å². The van der Waals surface area contributed by atoms with Crippen LogP contribution in [0.25, 0.3) is 0 Å². The van der Waals surface area contributed by atoms with Crippen LogP contribution in [0.4, 0.5) is 10.1 Å². The Morgan fingerprint density at radius 2 is 2.24 bits per heavy atom. The number of hydrogen-bond acceptors (Lipinski definition) is 2. The molecule has 1 amide bonds. The molecule has 1 aromatic carbocycles. The van der Waals surface area contributed by atoms with Gasteiger partial charge in [0.1, 0.15) is 11.5 Å². The zero-order valence-electron chi connectivity index (χ0n) is 10.9. The van der Waals surface area contributed by atoms with E-state index in [0.29, 0.717) is 16.4 Å². The first kappa shape index (κ1) is 15.1. The molecule has 6 heteroatoms. The first-order valence-corrected chi connectivity index (χ1v) is 6.52. The van der Waals surface area contributed by atoms with E-state index in [-0.39, 0.29) is 24.5 Å². The highest BCUT2D eigenvalue weighted by molar-refractivity contribution is 6.31. The zero-order chi connectivity index (χ0) is 15.2. The number of rotatable bonds is 3. The van der Waals surface area contributed by atoms with Gasteiger partial charge in [-0.05, 0) is 24.3 Å². The van der Waals surface area contributed by atoms with Gasteiger partial charge >= 0.3 is 0 Å². The van der Waals surface area contributed by atoms with Gasteiger partial charge < -0.3 is 15.4 Å². The summed E-state index contributed by atoms with van der Waals surface area (Å²) in [5, 5.41) is 11.7. The Hall–Kier alpha value is -2.29. The monoisotopic (exact) mass is 306 g/mol. The Kier molecular flexibility index (Phi) is 4.99. The van der Waals surface area contributed by atoms with E-state index in [1.807, 2.05) is 0 Å². The SMILES string of the molecule is O=C(Nc1ccc(F)c(C#CCCO)c1)c1cc(Cl)c[nH]1. The van der Waals surface area contributed by atoms with Gasteiger partial charge in [0.05, 0.1) is 17.2 Å². The molecule has 0 aliphatic heterocycles. The summed E-state index contributed by atoms with van der Waals surface area (Å²) in [5.74, 6) is 4.37. The van der Waals surface area contributed by atoms with Crippen LogP contribution in [0.2, 0.25) is 5.02 Å². The molecular weight excluding hydrogens is 295 g/mol. The number of anilines is 1. The Bertz CT molecular complexity index is 716. The molecule has 4 nitrogen and oxygen atoms in total. The molecule has 0 radical (unpaired) electrons. The summed E-state index contributed by atoms with van der Waals surface area (Å²) in [4.78, 5) is 14.6. The number of H-pyrrole nitrogens is 1. The van der Waals surface area contributed by atoms with E-state index in [0.717, 1.165) is 0 Å². The van der Waals surface area contributed by atoms with Gasteiger partial charge in [0.25, 0.3) is 5.91 Å². The first-order chi connectivity index (χ1) is 10.1. The van der Waals surface area contributed by atoms with Crippen molar-refractivity contribution in [3.63, 3.8) is 0 Å². The number of aliphatic hydroxyl groups excluding tert-OH is 1. The summed E-state index contributed by atoms with van der Waals surface area (Å²) in [6, 6.07) is 5.58. The van der Waals surface area contributed by atoms with Gasteiger partial charge in [-0.3, -0.25) is 4.79 Å². The van der Waals surface area contributed by atoms with Crippen molar-refractivity contribution in [1.29, 1.82) is 0 Å². The van der Waals surface area contributed by atoms with Crippen LogP contribution in [0.15, 0.2) is 30.5 Å². The minimum absolute atomic E-state index is 0.0847. The third-order valence-electron chi connectivity index (χ3n) is 2.58. The molecule has 2 rings (SSSR count). The number of halogens is 2. The molecule has 0 atom stereocenters. The lowest BCUT2D eigenvalue weighted by Crippen LogP contribution is -2.12. The van der Waals surface area contributed by atoms with Gasteiger partial charge in [-0.25, -0.2) is 4.39 Å². The number of benzene rings is 1. The average Bonchev–Trinajstić information content (AvgIpc) is 2.89. The van der Waals surface area contributed by atoms with Crippen molar-refractivity contribution in [2.24, 2.45) is 0 Å². The summed E-state index contributed by atoms with van der Waals surface area (Å²) in [6.07, 6.45) is 1.75. The Balaban J connectivity index is 2.16. The molecule has 21 heavy (non-hydrogen) atoms. The molecule has 108 valence electrons. The smallest absolute Gasteiger partial charge is 0.272 e. The standard InChI is InChI=1S/C15H12ClFN2O2/c16-11-8-14(18-9-11)15(21)19-12-4-5-13(17)10(7-12)3-1-2-6-20/h4-5,7-9,18,20H,2,6H2,(H,19,21). The number of nitrogens with one attached hydrogen (secondary N) is 2. The fraction of sp³-hybridized carbons (Fsp3) is 0.133. The third kappa shape index (κ3) is 4.09. The normalized spacial score (nSPS) is 9.86. The molecule has 0 saturated heterocycles. The van der Waals surface area contributed by atoms with Crippen LogP contribution >= 0.6 is 11.6 Å². The number of carbonyl (C=O) groups excluding carboxylic acids is 1. The minimum atomic E-state index is -0.485. The molecule has 0 aliphatic rings. The second kappa shape index (κ2) is 6.93. The lowest BCUT2D eigenvalue weighted by Gasteiger charge is -2.05. The summed E-state index contributed by atoms with van der Waals surface area (Å²) in [7, 11) is 0. The fourth-order valence-corrected chi connectivity index (χ4v) is 1.77. The van der Waals surface area contributed by atoms with Gasteiger partial charge in [-0.15, -0.1) is 0 Å². The molecule has 3 N–H and O–H groups in total. The molecular formula is C15H12ClFN2O2. The van der Waals surface area contributed by atoms with E-state index >= 15 is 0 Å². The predicted octanol–water partition coefficient (Wildman–Crippen LogP) is 2.79. The van der Waals surface area contributed by atoms with Crippen molar-refractivity contribution in [1.82, 2.24) is 4.98 Å². The molecule has 0 bridgehead atoms. The number of aromatic amines is 1. The van der Waals surface area contributed by atoms with E-state index < -0.39 is 5.82 Å². The van der Waals surface area contributed by atoms with Crippen molar-refractivity contribution in [3.05, 3.63) is 52.6 Å². The van der Waals surface area contributed by atoms with E-state index in [2.05, 4.69) is 22.1 Å². The van der Waals surface area contributed by atoms with Crippen molar-refractivity contribution in [2.75, 3.05) is 11.9 Å². The lowest BCUT2D eigenvalue weighted by molar-refractivity contribution is 0.102. The van der Waals surface area contributed by atoms with Gasteiger partial charge in [0, 0.05) is 18.3 Å². The maximum atomic E-state index is 13.6. The maximum absolute atomic E-state index is 13.6. The Morgan fingerprint density at radius 3 is 2.90 bits per heavy atom. The molecule has 1 aromatic heterocycles. The largest absolute Gasteiger partial charge is 0.395 e. The number of aliphatic hydroxyl groups is 1. The highest BCUT2D eigenvalue weighted by Crippen LogP contribution is 2.16. The predicted molar refractivity (Wildman–Crippen MR) is 78.7 cm³/mol. The minimum Gasteiger partial charge on any atom is -0.395 e. The molecule has 0 unspecified atom stereocenters. The van der Waals surface area contributed by atoms with Crippen LogP contribution in [0, 0.1) is 17.7 Å². The van der Waals surface area contributed by atoms with Crippen molar-refractivity contribution in [3.8, 4) is 11.8 Å². The third-order valence-corrected chi connectivity index (χ3v) is 2.79. The quantitative estimate of drug-likeness (QED) is 0.763. The zero-order valence-corrected chi connectivity index (χ0v) is 11.7. The molecule has 2 aromatic rings. The molecule has 1 heterocycles. The van der Waals surface area contributed by atoms with Crippen LogP contribution < -0.4 is 5.32 Å². The number of carbonyl (C=O) groups is 1. The van der Waals surface area contributed by atoms with Gasteiger partial charge in [-0.1, -0.05) is 23.4 Å². The van der Waals surface area contributed by atoms with E-state index in [1.54, 1.807) is 0 Å². The summed E-state index contributed by atoms with van der Waals surface area (Å²) in [5.41, 5.74) is 0.878. The van der Waals surface area contributed by atoms with Crippen LogP contribution in [0.5, 0.6) is 0 Å². The number of hydrogen-bond donors (Lipinski definition) is 3. The molecule has 0 spiro atoms. The molecule has 0 fully saturated rings. The summed E-state index contributed by atoms with van der Waals surface area (Å²) >= 11 is 5.72. The van der Waals surface area contributed by atoms with Crippen molar-refractivity contribution < 1.29 is 14.3 Å². The average molecular weight is 307 g/mol.